The van der Waals surface area contributed by atoms with Gasteiger partial charge >= 0.3 is 0 Å². The number of halogens is 2. The Kier molecular flexibility index (Phi) is 5.29. The number of carbonyl (C=O) groups is 1. The molecule has 0 unspecified atom stereocenters. The van der Waals surface area contributed by atoms with Crippen molar-refractivity contribution >= 4 is 11.6 Å². The summed E-state index contributed by atoms with van der Waals surface area (Å²) in [4.78, 5) is 16.4. The van der Waals surface area contributed by atoms with Crippen LogP contribution in [0.1, 0.15) is 28.5 Å². The number of amides is 1. The number of pyridine rings is 1. The quantitative estimate of drug-likeness (QED) is 0.615. The predicted octanol–water partition coefficient (Wildman–Crippen LogP) is 2.44. The molecule has 1 aliphatic rings. The van der Waals surface area contributed by atoms with Gasteiger partial charge in [-0.25, -0.2) is 13.8 Å². The molecule has 3 aromatic rings. The number of benzene rings is 1. The lowest BCUT2D eigenvalue weighted by atomic mass is 9.91. The average molecular weight is 413 g/mol. The molecule has 0 spiro atoms. The summed E-state index contributed by atoms with van der Waals surface area (Å²) in [5.41, 5.74) is 2.03. The molecule has 1 amide bonds. The van der Waals surface area contributed by atoms with Gasteiger partial charge in [0, 0.05) is 50.4 Å². The number of piperazine rings is 1. The fraction of sp³-hybridized carbons (Fsp3) is 0.364. The maximum absolute atomic E-state index is 15.1. The summed E-state index contributed by atoms with van der Waals surface area (Å²) in [6, 6.07) is 5.94. The maximum Gasteiger partial charge on any atom is 0.251 e. The molecule has 0 saturated carbocycles. The molecule has 1 aromatic carbocycles. The largest absolute Gasteiger partial charge is 0.355 e. The number of aromatic nitrogens is 2. The van der Waals surface area contributed by atoms with Gasteiger partial charge in [0.1, 0.15) is 17.3 Å². The topological polar surface area (TPSA) is 70.5 Å². The van der Waals surface area contributed by atoms with E-state index in [4.69, 9.17) is 0 Å². The van der Waals surface area contributed by atoms with Crippen LogP contribution in [0.25, 0.3) is 16.9 Å². The molecule has 1 saturated heterocycles. The maximum atomic E-state index is 15.1. The van der Waals surface area contributed by atoms with E-state index in [1.165, 1.54) is 7.05 Å². The molecular formula is C22H25F2N5O. The SMILES string of the molecule is CNC(=O)c1cc(F)c(-c2nc3cc(C)ccn3c2C[C@@]2(C)CNCCN2)c(F)c1. The molecule has 2 aromatic heterocycles. The summed E-state index contributed by atoms with van der Waals surface area (Å²) < 4.78 is 32.0. The highest BCUT2D eigenvalue weighted by Gasteiger charge is 2.31. The Balaban J connectivity index is 1.89. The summed E-state index contributed by atoms with van der Waals surface area (Å²) in [6.07, 6.45) is 2.40. The molecule has 30 heavy (non-hydrogen) atoms. The van der Waals surface area contributed by atoms with Crippen LogP contribution in [0.3, 0.4) is 0 Å². The van der Waals surface area contributed by atoms with E-state index in [0.717, 1.165) is 37.3 Å². The van der Waals surface area contributed by atoms with Crippen LogP contribution in [0.2, 0.25) is 0 Å². The second-order valence-electron chi connectivity index (χ2n) is 8.07. The average Bonchev–Trinajstić information content (AvgIpc) is 3.03. The normalized spacial score (nSPS) is 19.2. The van der Waals surface area contributed by atoms with Crippen molar-refractivity contribution in [1.29, 1.82) is 0 Å². The third-order valence-corrected chi connectivity index (χ3v) is 5.58. The second-order valence-corrected chi connectivity index (χ2v) is 8.07. The highest BCUT2D eigenvalue weighted by atomic mass is 19.1. The Bertz CT molecular complexity index is 1100. The summed E-state index contributed by atoms with van der Waals surface area (Å²) in [6.45, 7) is 6.44. The predicted molar refractivity (Wildman–Crippen MR) is 112 cm³/mol. The van der Waals surface area contributed by atoms with Crippen LogP contribution in [0.15, 0.2) is 30.5 Å². The number of hydrogen-bond donors (Lipinski definition) is 3. The van der Waals surface area contributed by atoms with Crippen LogP contribution in [0.5, 0.6) is 0 Å². The summed E-state index contributed by atoms with van der Waals surface area (Å²) in [7, 11) is 1.42. The molecule has 6 nitrogen and oxygen atoms in total. The van der Waals surface area contributed by atoms with Gasteiger partial charge in [-0.05, 0) is 43.7 Å². The third kappa shape index (κ3) is 3.68. The summed E-state index contributed by atoms with van der Waals surface area (Å²) in [5, 5.41) is 9.26. The molecule has 158 valence electrons. The number of nitrogens with zero attached hydrogens (tertiary/aromatic N) is 2. The van der Waals surface area contributed by atoms with Gasteiger partial charge < -0.3 is 20.4 Å². The number of nitrogens with one attached hydrogen (secondary N) is 3. The Hall–Kier alpha value is -2.84. The zero-order valence-corrected chi connectivity index (χ0v) is 17.3. The van der Waals surface area contributed by atoms with Gasteiger partial charge in [-0.2, -0.15) is 0 Å². The molecule has 8 heteroatoms. The van der Waals surface area contributed by atoms with E-state index >= 15 is 8.78 Å². The Morgan fingerprint density at radius 2 is 2.00 bits per heavy atom. The Labute approximate surface area is 173 Å². The number of carbonyl (C=O) groups excluding carboxylic acids is 1. The van der Waals surface area contributed by atoms with Crippen molar-refractivity contribution in [2.24, 2.45) is 0 Å². The van der Waals surface area contributed by atoms with E-state index in [-0.39, 0.29) is 22.4 Å². The van der Waals surface area contributed by atoms with Gasteiger partial charge in [-0.1, -0.05) is 0 Å². The summed E-state index contributed by atoms with van der Waals surface area (Å²) in [5.74, 6) is -2.17. The van der Waals surface area contributed by atoms with Crippen LogP contribution in [0, 0.1) is 18.6 Å². The van der Waals surface area contributed by atoms with Gasteiger partial charge in [0.25, 0.3) is 5.91 Å². The minimum atomic E-state index is -0.810. The van der Waals surface area contributed by atoms with Crippen LogP contribution in [-0.2, 0) is 6.42 Å². The van der Waals surface area contributed by atoms with Crippen LogP contribution < -0.4 is 16.0 Å². The van der Waals surface area contributed by atoms with Crippen LogP contribution in [-0.4, -0.2) is 47.5 Å². The van der Waals surface area contributed by atoms with Crippen molar-refractivity contribution in [2.75, 3.05) is 26.7 Å². The monoisotopic (exact) mass is 413 g/mol. The van der Waals surface area contributed by atoms with Crippen molar-refractivity contribution in [2.45, 2.75) is 25.8 Å². The van der Waals surface area contributed by atoms with E-state index in [9.17, 15) is 4.79 Å². The lowest BCUT2D eigenvalue weighted by Crippen LogP contribution is -2.58. The van der Waals surface area contributed by atoms with Gasteiger partial charge in [0.15, 0.2) is 0 Å². The van der Waals surface area contributed by atoms with Crippen molar-refractivity contribution in [3.8, 4) is 11.3 Å². The van der Waals surface area contributed by atoms with E-state index in [2.05, 4.69) is 27.9 Å². The molecule has 1 fully saturated rings. The molecule has 3 heterocycles. The lowest BCUT2D eigenvalue weighted by molar-refractivity contribution is 0.0962. The lowest BCUT2D eigenvalue weighted by Gasteiger charge is -2.35. The number of hydrogen-bond acceptors (Lipinski definition) is 4. The van der Waals surface area contributed by atoms with Gasteiger partial charge in [-0.3, -0.25) is 4.79 Å². The molecule has 1 aliphatic heterocycles. The molecular weight excluding hydrogens is 388 g/mol. The Morgan fingerprint density at radius 1 is 1.27 bits per heavy atom. The fourth-order valence-corrected chi connectivity index (χ4v) is 4.02. The van der Waals surface area contributed by atoms with Gasteiger partial charge in [-0.15, -0.1) is 0 Å². The van der Waals surface area contributed by atoms with Crippen molar-refractivity contribution in [1.82, 2.24) is 25.3 Å². The molecule has 1 atom stereocenters. The first kappa shape index (κ1) is 20.4. The first-order chi connectivity index (χ1) is 14.3. The highest BCUT2D eigenvalue weighted by molar-refractivity contribution is 5.94. The van der Waals surface area contributed by atoms with Crippen molar-refractivity contribution in [3.05, 3.63) is 58.9 Å². The van der Waals surface area contributed by atoms with Crippen molar-refractivity contribution in [3.63, 3.8) is 0 Å². The Morgan fingerprint density at radius 3 is 2.63 bits per heavy atom. The van der Waals surface area contributed by atoms with Crippen LogP contribution in [0.4, 0.5) is 8.78 Å². The minimum Gasteiger partial charge on any atom is -0.355 e. The number of imidazole rings is 1. The highest BCUT2D eigenvalue weighted by Crippen LogP contribution is 2.32. The van der Waals surface area contributed by atoms with Gasteiger partial charge in [0.2, 0.25) is 0 Å². The van der Waals surface area contributed by atoms with E-state index in [0.29, 0.717) is 17.8 Å². The first-order valence-electron chi connectivity index (χ1n) is 9.96. The fourth-order valence-electron chi connectivity index (χ4n) is 4.02. The standard InChI is InChI=1S/C22H25F2N5O/c1-13-4-7-29-17(11-22(2)12-26-5-6-27-22)20(28-18(29)8-13)19-15(23)9-14(10-16(19)24)21(30)25-3/h4,7-10,26-27H,5-6,11-12H2,1-3H3,(H,25,30)/t22-/m0/s1. The van der Waals surface area contributed by atoms with Crippen molar-refractivity contribution < 1.29 is 13.6 Å². The number of rotatable bonds is 4. The summed E-state index contributed by atoms with van der Waals surface area (Å²) >= 11 is 0. The van der Waals surface area contributed by atoms with E-state index < -0.39 is 17.5 Å². The molecule has 4 rings (SSSR count). The van der Waals surface area contributed by atoms with E-state index in [1.807, 2.05) is 29.7 Å². The molecule has 3 N–H and O–H groups in total. The number of aryl methyl sites for hydroxylation is 1. The van der Waals surface area contributed by atoms with Crippen LogP contribution >= 0.6 is 0 Å². The van der Waals surface area contributed by atoms with Gasteiger partial charge in [0.05, 0.1) is 17.0 Å². The second kappa shape index (κ2) is 7.77. The zero-order valence-electron chi connectivity index (χ0n) is 17.3. The molecule has 0 radical (unpaired) electrons. The first-order valence-corrected chi connectivity index (χ1v) is 9.96. The smallest absolute Gasteiger partial charge is 0.251 e. The number of fused-ring (bicyclic) bond motifs is 1. The zero-order chi connectivity index (χ0) is 21.5. The third-order valence-electron chi connectivity index (χ3n) is 5.58. The van der Waals surface area contributed by atoms with E-state index in [1.54, 1.807) is 0 Å². The molecule has 0 aliphatic carbocycles. The minimum absolute atomic E-state index is 0.0671. The molecule has 0 bridgehead atoms.